The van der Waals surface area contributed by atoms with Crippen molar-refractivity contribution in [1.29, 1.82) is 0 Å². The molecule has 3 aliphatic rings. The lowest BCUT2D eigenvalue weighted by Gasteiger charge is -2.46. The van der Waals surface area contributed by atoms with Gasteiger partial charge in [-0.25, -0.2) is 0 Å². The molecule has 1 spiro atoms. The van der Waals surface area contributed by atoms with Crippen LogP contribution in [0.2, 0.25) is 0 Å². The standard InChI is InChI=1S/C22H37N3O4/c1-17(26)24-9-4-18(5-10-24)14-21(28)25-11-7-22(8-12-25)16-19(6-13-29-22)15-20(27)23(2)3/h18-19H,4-16H2,1-3H3. The van der Waals surface area contributed by atoms with E-state index in [0.29, 0.717) is 31.3 Å². The Hall–Kier alpha value is -1.63. The van der Waals surface area contributed by atoms with E-state index in [4.69, 9.17) is 4.74 Å². The smallest absolute Gasteiger partial charge is 0.222 e. The molecule has 0 N–H and O–H groups in total. The zero-order chi connectivity index (χ0) is 21.0. The van der Waals surface area contributed by atoms with Crippen LogP contribution >= 0.6 is 0 Å². The number of likely N-dealkylation sites (tertiary alicyclic amines) is 2. The lowest BCUT2D eigenvalue weighted by atomic mass is 9.78. The molecule has 3 aliphatic heterocycles. The second kappa shape index (κ2) is 9.45. The summed E-state index contributed by atoms with van der Waals surface area (Å²) in [6.07, 6.45) is 6.66. The number of nitrogens with zero attached hydrogens (tertiary/aromatic N) is 3. The third-order valence-corrected chi connectivity index (χ3v) is 7.11. The van der Waals surface area contributed by atoms with Crippen LogP contribution in [0.15, 0.2) is 0 Å². The second-order valence-corrected chi connectivity index (χ2v) is 9.42. The fourth-order valence-electron chi connectivity index (χ4n) is 5.07. The fraction of sp³-hybridized carbons (Fsp3) is 0.864. The Kier molecular flexibility index (Phi) is 7.19. The van der Waals surface area contributed by atoms with E-state index in [2.05, 4.69) is 0 Å². The Bertz CT molecular complexity index is 605. The normalized spacial score (nSPS) is 25.1. The minimum Gasteiger partial charge on any atom is -0.375 e. The van der Waals surface area contributed by atoms with Gasteiger partial charge in [-0.15, -0.1) is 0 Å². The largest absolute Gasteiger partial charge is 0.375 e. The van der Waals surface area contributed by atoms with E-state index in [0.717, 1.165) is 64.7 Å². The van der Waals surface area contributed by atoms with Gasteiger partial charge in [0.2, 0.25) is 17.7 Å². The summed E-state index contributed by atoms with van der Waals surface area (Å²) >= 11 is 0. The van der Waals surface area contributed by atoms with Crippen LogP contribution in [0.5, 0.6) is 0 Å². The molecule has 0 aromatic heterocycles. The van der Waals surface area contributed by atoms with Crippen molar-refractivity contribution in [2.45, 2.75) is 63.9 Å². The molecule has 7 heteroatoms. The van der Waals surface area contributed by atoms with Crippen LogP contribution in [0.1, 0.15) is 58.3 Å². The highest BCUT2D eigenvalue weighted by Gasteiger charge is 2.41. The Morgan fingerprint density at radius 2 is 1.59 bits per heavy atom. The van der Waals surface area contributed by atoms with Crippen molar-refractivity contribution in [3.8, 4) is 0 Å². The zero-order valence-electron chi connectivity index (χ0n) is 18.3. The molecule has 29 heavy (non-hydrogen) atoms. The third kappa shape index (κ3) is 5.71. The van der Waals surface area contributed by atoms with Gasteiger partial charge in [0.25, 0.3) is 0 Å². The monoisotopic (exact) mass is 407 g/mol. The Balaban J connectivity index is 1.44. The summed E-state index contributed by atoms with van der Waals surface area (Å²) in [5.41, 5.74) is -0.154. The van der Waals surface area contributed by atoms with E-state index >= 15 is 0 Å². The molecular weight excluding hydrogens is 370 g/mol. The maximum absolute atomic E-state index is 12.8. The average molecular weight is 408 g/mol. The summed E-state index contributed by atoms with van der Waals surface area (Å²) in [6, 6.07) is 0. The van der Waals surface area contributed by atoms with Crippen LogP contribution in [-0.4, -0.2) is 84.9 Å². The van der Waals surface area contributed by atoms with Crippen LogP contribution in [0.4, 0.5) is 0 Å². The molecule has 3 heterocycles. The quantitative estimate of drug-likeness (QED) is 0.714. The summed E-state index contributed by atoms with van der Waals surface area (Å²) in [4.78, 5) is 41.9. The predicted molar refractivity (Wildman–Crippen MR) is 110 cm³/mol. The molecule has 0 radical (unpaired) electrons. The molecule has 3 saturated heterocycles. The highest BCUT2D eigenvalue weighted by Crippen LogP contribution is 2.39. The lowest BCUT2D eigenvalue weighted by molar-refractivity contribution is -0.150. The zero-order valence-corrected chi connectivity index (χ0v) is 18.3. The summed E-state index contributed by atoms with van der Waals surface area (Å²) < 4.78 is 6.19. The number of rotatable bonds is 4. The molecule has 1 unspecified atom stereocenters. The number of piperidine rings is 2. The molecule has 0 aromatic carbocycles. The number of hydrogen-bond acceptors (Lipinski definition) is 4. The Morgan fingerprint density at radius 1 is 0.931 bits per heavy atom. The van der Waals surface area contributed by atoms with Gasteiger partial charge in [0.15, 0.2) is 0 Å². The maximum atomic E-state index is 12.8. The van der Waals surface area contributed by atoms with Gasteiger partial charge in [-0.3, -0.25) is 14.4 Å². The first kappa shape index (κ1) is 22.1. The van der Waals surface area contributed by atoms with Crippen molar-refractivity contribution in [3.05, 3.63) is 0 Å². The number of ether oxygens (including phenoxy) is 1. The summed E-state index contributed by atoms with van der Waals surface area (Å²) in [7, 11) is 3.62. The van der Waals surface area contributed by atoms with Crippen LogP contribution < -0.4 is 0 Å². The predicted octanol–water partition coefficient (Wildman–Crippen LogP) is 1.90. The van der Waals surface area contributed by atoms with Gasteiger partial charge in [0.05, 0.1) is 5.60 Å². The SMILES string of the molecule is CC(=O)N1CCC(CC(=O)N2CCC3(CC2)CC(CC(=O)N(C)C)CCO3)CC1. The van der Waals surface area contributed by atoms with Crippen LogP contribution in [0.25, 0.3) is 0 Å². The first-order valence-corrected chi connectivity index (χ1v) is 11.2. The highest BCUT2D eigenvalue weighted by atomic mass is 16.5. The topological polar surface area (TPSA) is 70.2 Å². The van der Waals surface area contributed by atoms with Gasteiger partial charge < -0.3 is 19.4 Å². The van der Waals surface area contributed by atoms with E-state index in [9.17, 15) is 14.4 Å². The molecule has 0 bridgehead atoms. The maximum Gasteiger partial charge on any atom is 0.222 e. The van der Waals surface area contributed by atoms with Gasteiger partial charge in [0.1, 0.15) is 0 Å². The van der Waals surface area contributed by atoms with Crippen molar-refractivity contribution in [2.24, 2.45) is 11.8 Å². The van der Waals surface area contributed by atoms with Crippen molar-refractivity contribution in [3.63, 3.8) is 0 Å². The second-order valence-electron chi connectivity index (χ2n) is 9.42. The van der Waals surface area contributed by atoms with Crippen LogP contribution in [-0.2, 0) is 19.1 Å². The minimum atomic E-state index is -0.154. The molecule has 0 saturated carbocycles. The number of hydrogen-bond donors (Lipinski definition) is 0. The van der Waals surface area contributed by atoms with Crippen molar-refractivity contribution < 1.29 is 19.1 Å². The number of amides is 3. The average Bonchev–Trinajstić information content (AvgIpc) is 2.69. The van der Waals surface area contributed by atoms with Gasteiger partial charge >= 0.3 is 0 Å². The molecule has 1 atom stereocenters. The molecule has 0 aromatic rings. The molecule has 7 nitrogen and oxygen atoms in total. The molecule has 3 fully saturated rings. The van der Waals surface area contributed by atoms with E-state index in [1.54, 1.807) is 11.8 Å². The Labute approximate surface area is 174 Å². The van der Waals surface area contributed by atoms with E-state index in [1.807, 2.05) is 23.9 Å². The fourth-order valence-corrected chi connectivity index (χ4v) is 5.07. The van der Waals surface area contributed by atoms with Crippen molar-refractivity contribution >= 4 is 17.7 Å². The molecule has 0 aliphatic carbocycles. The third-order valence-electron chi connectivity index (χ3n) is 7.11. The molecular formula is C22H37N3O4. The summed E-state index contributed by atoms with van der Waals surface area (Å²) in [5, 5.41) is 0. The van der Waals surface area contributed by atoms with Crippen LogP contribution in [0.3, 0.4) is 0 Å². The van der Waals surface area contributed by atoms with Gasteiger partial charge in [-0.2, -0.15) is 0 Å². The first-order valence-electron chi connectivity index (χ1n) is 11.2. The molecule has 164 valence electrons. The van der Waals surface area contributed by atoms with E-state index in [-0.39, 0.29) is 23.3 Å². The summed E-state index contributed by atoms with van der Waals surface area (Å²) in [6.45, 7) is 5.38. The van der Waals surface area contributed by atoms with Gasteiger partial charge in [0, 0.05) is 66.6 Å². The van der Waals surface area contributed by atoms with Crippen LogP contribution in [0, 0.1) is 11.8 Å². The minimum absolute atomic E-state index is 0.133. The van der Waals surface area contributed by atoms with E-state index < -0.39 is 0 Å². The van der Waals surface area contributed by atoms with Gasteiger partial charge in [-0.1, -0.05) is 0 Å². The summed E-state index contributed by atoms with van der Waals surface area (Å²) in [5.74, 6) is 1.34. The number of carbonyl (C=O) groups is 3. The van der Waals surface area contributed by atoms with Crippen molar-refractivity contribution in [2.75, 3.05) is 46.9 Å². The first-order chi connectivity index (χ1) is 13.8. The Morgan fingerprint density at radius 3 is 2.17 bits per heavy atom. The molecule has 3 rings (SSSR count). The van der Waals surface area contributed by atoms with Gasteiger partial charge in [-0.05, 0) is 50.4 Å². The number of carbonyl (C=O) groups excluding carboxylic acids is 3. The van der Waals surface area contributed by atoms with E-state index in [1.165, 1.54) is 0 Å². The lowest BCUT2D eigenvalue weighted by Crippen LogP contribution is -2.51. The molecule has 3 amide bonds. The highest BCUT2D eigenvalue weighted by molar-refractivity contribution is 5.77. The van der Waals surface area contributed by atoms with Crippen molar-refractivity contribution in [1.82, 2.24) is 14.7 Å².